The van der Waals surface area contributed by atoms with Gasteiger partial charge < -0.3 is 20.0 Å². The average Bonchev–Trinajstić information content (AvgIpc) is 3.12. The van der Waals surface area contributed by atoms with Gasteiger partial charge in [-0.25, -0.2) is 9.97 Å². The van der Waals surface area contributed by atoms with Gasteiger partial charge >= 0.3 is 0 Å². The topological polar surface area (TPSA) is 59.9 Å². The van der Waals surface area contributed by atoms with Crippen molar-refractivity contribution in [3.05, 3.63) is 18.5 Å². The quantitative estimate of drug-likeness (QED) is 0.414. The van der Waals surface area contributed by atoms with Crippen LogP contribution in [0.1, 0.15) is 13.3 Å². The molecule has 2 fully saturated rings. The van der Waals surface area contributed by atoms with Gasteiger partial charge in [-0.15, -0.1) is 24.0 Å². The molecule has 25 heavy (non-hydrogen) atoms. The van der Waals surface area contributed by atoms with Gasteiger partial charge in [0.05, 0.1) is 0 Å². The number of anilines is 1. The molecule has 3 rings (SSSR count). The van der Waals surface area contributed by atoms with E-state index in [9.17, 15) is 0 Å². The van der Waals surface area contributed by atoms with Gasteiger partial charge in [0, 0.05) is 58.7 Å². The standard InChI is InChI=1S/C17H29N7.HI/c1-3-22-8-5-15(14-22)13-21-16(18-2)23-9-11-24(12-10-23)17-19-6-4-7-20-17;/h4,6-7,15H,3,5,8-14H2,1-2H3,(H,18,21);1H. The number of aliphatic imine (C=N–C) groups is 1. The predicted octanol–water partition coefficient (Wildman–Crippen LogP) is 1.13. The van der Waals surface area contributed by atoms with Gasteiger partial charge in [-0.3, -0.25) is 4.99 Å². The number of hydrogen-bond donors (Lipinski definition) is 1. The lowest BCUT2D eigenvalue weighted by molar-refractivity contribution is 0.337. The third kappa shape index (κ3) is 5.40. The van der Waals surface area contributed by atoms with E-state index in [4.69, 9.17) is 0 Å². The molecule has 0 aliphatic carbocycles. The molecule has 2 aliphatic rings. The summed E-state index contributed by atoms with van der Waals surface area (Å²) >= 11 is 0. The third-order valence-corrected chi connectivity index (χ3v) is 4.99. The first-order valence-corrected chi connectivity index (χ1v) is 9.00. The smallest absolute Gasteiger partial charge is 0.225 e. The summed E-state index contributed by atoms with van der Waals surface area (Å²) in [5.41, 5.74) is 0. The number of guanidine groups is 1. The molecule has 1 unspecified atom stereocenters. The number of hydrogen-bond acceptors (Lipinski definition) is 5. The molecule has 140 valence electrons. The Balaban J connectivity index is 0.00000225. The first-order chi connectivity index (χ1) is 11.8. The summed E-state index contributed by atoms with van der Waals surface area (Å²) < 4.78 is 0. The highest BCUT2D eigenvalue weighted by Gasteiger charge is 2.24. The van der Waals surface area contributed by atoms with E-state index in [2.05, 4.69) is 41.9 Å². The third-order valence-electron chi connectivity index (χ3n) is 4.99. The van der Waals surface area contributed by atoms with Crippen LogP contribution >= 0.6 is 24.0 Å². The van der Waals surface area contributed by atoms with Gasteiger partial charge in [0.25, 0.3) is 0 Å². The van der Waals surface area contributed by atoms with Crippen molar-refractivity contribution in [2.75, 3.05) is 64.3 Å². The minimum Gasteiger partial charge on any atom is -0.356 e. The highest BCUT2D eigenvalue weighted by molar-refractivity contribution is 14.0. The molecule has 1 aromatic heterocycles. The van der Waals surface area contributed by atoms with E-state index >= 15 is 0 Å². The van der Waals surface area contributed by atoms with Crippen LogP contribution < -0.4 is 10.2 Å². The molecule has 2 aliphatic heterocycles. The predicted molar refractivity (Wildman–Crippen MR) is 113 cm³/mol. The van der Waals surface area contributed by atoms with Crippen molar-refractivity contribution in [2.24, 2.45) is 10.9 Å². The van der Waals surface area contributed by atoms with Crippen molar-refractivity contribution in [1.82, 2.24) is 25.1 Å². The van der Waals surface area contributed by atoms with Crippen molar-refractivity contribution in [1.29, 1.82) is 0 Å². The summed E-state index contributed by atoms with van der Waals surface area (Å²) in [6.45, 7) is 10.6. The van der Waals surface area contributed by atoms with E-state index in [0.717, 1.165) is 57.1 Å². The summed E-state index contributed by atoms with van der Waals surface area (Å²) in [7, 11) is 1.88. The molecule has 0 aromatic carbocycles. The molecule has 1 atom stereocenters. The van der Waals surface area contributed by atoms with Crippen molar-refractivity contribution < 1.29 is 0 Å². The second kappa shape index (κ2) is 10.1. The van der Waals surface area contributed by atoms with Crippen LogP contribution in [0.3, 0.4) is 0 Å². The minimum absolute atomic E-state index is 0. The Labute approximate surface area is 167 Å². The van der Waals surface area contributed by atoms with Gasteiger partial charge in [-0.1, -0.05) is 6.92 Å². The van der Waals surface area contributed by atoms with Crippen molar-refractivity contribution in [3.63, 3.8) is 0 Å². The molecule has 1 N–H and O–H groups in total. The summed E-state index contributed by atoms with van der Waals surface area (Å²) in [5, 5.41) is 3.58. The maximum Gasteiger partial charge on any atom is 0.225 e. The molecule has 3 heterocycles. The Hall–Kier alpha value is -1.16. The fourth-order valence-corrected chi connectivity index (χ4v) is 3.51. The van der Waals surface area contributed by atoms with Crippen molar-refractivity contribution in [3.8, 4) is 0 Å². The van der Waals surface area contributed by atoms with Gasteiger partial charge in [0.1, 0.15) is 0 Å². The molecule has 0 amide bonds. The second-order valence-corrected chi connectivity index (χ2v) is 6.50. The summed E-state index contributed by atoms with van der Waals surface area (Å²) in [5.74, 6) is 2.59. The zero-order valence-electron chi connectivity index (χ0n) is 15.3. The first kappa shape index (κ1) is 20.2. The van der Waals surface area contributed by atoms with Crippen LogP contribution in [-0.4, -0.2) is 85.1 Å². The normalized spacial score (nSPS) is 22.0. The number of nitrogens with zero attached hydrogens (tertiary/aromatic N) is 6. The fraction of sp³-hybridized carbons (Fsp3) is 0.706. The molecule has 8 heteroatoms. The van der Waals surface area contributed by atoms with E-state index < -0.39 is 0 Å². The van der Waals surface area contributed by atoms with Crippen LogP contribution in [0.4, 0.5) is 5.95 Å². The summed E-state index contributed by atoms with van der Waals surface area (Å²) in [6, 6.07) is 1.86. The van der Waals surface area contributed by atoms with Gasteiger partial charge in [-0.05, 0) is 31.5 Å². The highest BCUT2D eigenvalue weighted by Crippen LogP contribution is 2.15. The summed E-state index contributed by atoms with van der Waals surface area (Å²) in [6.07, 6.45) is 4.89. The van der Waals surface area contributed by atoms with E-state index in [1.807, 2.05) is 13.1 Å². The van der Waals surface area contributed by atoms with E-state index in [1.54, 1.807) is 12.4 Å². The minimum atomic E-state index is 0. The second-order valence-electron chi connectivity index (χ2n) is 6.50. The Morgan fingerprint density at radius 3 is 2.52 bits per heavy atom. The SMILES string of the molecule is CCN1CCC(CNC(=NC)N2CCN(c3ncccn3)CC2)C1.I. The largest absolute Gasteiger partial charge is 0.356 e. The number of nitrogens with one attached hydrogen (secondary N) is 1. The lowest BCUT2D eigenvalue weighted by atomic mass is 10.1. The lowest BCUT2D eigenvalue weighted by Gasteiger charge is -2.36. The van der Waals surface area contributed by atoms with Gasteiger partial charge in [0.15, 0.2) is 5.96 Å². The maximum absolute atomic E-state index is 4.48. The first-order valence-electron chi connectivity index (χ1n) is 9.00. The van der Waals surface area contributed by atoms with E-state index in [1.165, 1.54) is 19.5 Å². The zero-order valence-corrected chi connectivity index (χ0v) is 17.6. The molecule has 0 spiro atoms. The van der Waals surface area contributed by atoms with Crippen LogP contribution in [-0.2, 0) is 0 Å². The Kier molecular flexibility index (Phi) is 8.14. The molecule has 2 saturated heterocycles. The molecule has 0 bridgehead atoms. The van der Waals surface area contributed by atoms with Crippen molar-refractivity contribution in [2.45, 2.75) is 13.3 Å². The average molecular weight is 459 g/mol. The number of piperazine rings is 1. The number of likely N-dealkylation sites (tertiary alicyclic amines) is 1. The molecular weight excluding hydrogens is 429 g/mol. The Morgan fingerprint density at radius 1 is 1.20 bits per heavy atom. The Bertz CT molecular complexity index is 531. The number of rotatable bonds is 4. The zero-order chi connectivity index (χ0) is 16.8. The molecule has 1 aromatic rings. The summed E-state index contributed by atoms with van der Waals surface area (Å²) in [4.78, 5) is 20.3. The Morgan fingerprint density at radius 2 is 1.92 bits per heavy atom. The number of aromatic nitrogens is 2. The maximum atomic E-state index is 4.48. The van der Waals surface area contributed by atoms with E-state index in [-0.39, 0.29) is 24.0 Å². The van der Waals surface area contributed by atoms with Crippen molar-refractivity contribution >= 4 is 35.9 Å². The number of halogens is 1. The molecule has 0 saturated carbocycles. The van der Waals surface area contributed by atoms with Crippen LogP contribution in [0.2, 0.25) is 0 Å². The van der Waals surface area contributed by atoms with Crippen LogP contribution in [0.15, 0.2) is 23.5 Å². The van der Waals surface area contributed by atoms with Gasteiger partial charge in [-0.2, -0.15) is 0 Å². The lowest BCUT2D eigenvalue weighted by Crippen LogP contribution is -2.53. The highest BCUT2D eigenvalue weighted by atomic mass is 127. The van der Waals surface area contributed by atoms with Crippen LogP contribution in [0.5, 0.6) is 0 Å². The molecule has 0 radical (unpaired) electrons. The van der Waals surface area contributed by atoms with Crippen LogP contribution in [0.25, 0.3) is 0 Å². The monoisotopic (exact) mass is 459 g/mol. The molecular formula is C17H30IN7. The molecule has 7 nitrogen and oxygen atoms in total. The van der Waals surface area contributed by atoms with E-state index in [0.29, 0.717) is 0 Å². The van der Waals surface area contributed by atoms with Crippen LogP contribution in [0, 0.1) is 5.92 Å². The fourth-order valence-electron chi connectivity index (χ4n) is 3.51. The van der Waals surface area contributed by atoms with Gasteiger partial charge in [0.2, 0.25) is 5.95 Å².